The van der Waals surface area contributed by atoms with E-state index in [1.165, 1.54) is 0 Å². The number of nitrogen functional groups attached to an aromatic ring is 3. The second-order valence-corrected chi connectivity index (χ2v) is 14.1. The van der Waals surface area contributed by atoms with E-state index in [9.17, 15) is 0 Å². The van der Waals surface area contributed by atoms with Crippen molar-refractivity contribution >= 4 is 61.9 Å². The Morgan fingerprint density at radius 2 is 1.08 bits per heavy atom. The van der Waals surface area contributed by atoms with E-state index in [1.54, 1.807) is 63.4 Å². The molecule has 1 aliphatic heterocycles. The Bertz CT molecular complexity index is 1940. The third kappa shape index (κ3) is 12.0. The Morgan fingerprint density at radius 3 is 1.48 bits per heavy atom. The number of anilines is 3. The minimum Gasteiger partial charge on any atom is -0.399 e. The molecule has 14 nitrogen and oxygen atoms in total. The van der Waals surface area contributed by atoms with Crippen LogP contribution in [0.1, 0.15) is 42.5 Å². The summed E-state index contributed by atoms with van der Waals surface area (Å²) in [6, 6.07) is 9.23. The fourth-order valence-electron chi connectivity index (χ4n) is 4.25. The first-order valence-corrected chi connectivity index (χ1v) is 16.9. The van der Waals surface area contributed by atoms with E-state index >= 15 is 0 Å². The third-order valence-corrected chi connectivity index (χ3v) is 8.84. The predicted molar refractivity (Wildman–Crippen MR) is 218 cm³/mol. The van der Waals surface area contributed by atoms with Crippen molar-refractivity contribution in [3.05, 3.63) is 95.0 Å². The van der Waals surface area contributed by atoms with Gasteiger partial charge in [-0.3, -0.25) is 14.0 Å². The SMILES string of the molecule is C.C.Cn1cc(-c2ccc(N)nc2)cn1.Cn1cc(-c2cnc(N)c(Br)c2)cn1.Cn1cc(B2OC(C)(C)C(C)(C)O2)cn1.Nc1ccc(Br)cn1. The maximum Gasteiger partial charge on any atom is 0.498 e. The maximum atomic E-state index is 5.89. The number of aromatic nitrogens is 9. The lowest BCUT2D eigenvalue weighted by molar-refractivity contribution is 0.00578. The molecule has 0 saturated carbocycles. The average Bonchev–Trinajstić information content (AvgIpc) is 3.85. The smallest absolute Gasteiger partial charge is 0.399 e. The molecule has 0 spiro atoms. The standard InChI is InChI=1S/C10H17BN2O2.C9H9BrN4.C9H10N4.C5H5BrN2.2CH4/c1-9(2)10(3,4)15-11(14-9)8-6-12-13(5)7-8;1-14-5-7(4-13-14)6-2-8(10)9(11)12-3-6;1-13-6-8(5-12-13)7-2-3-9(10)11-4-7;6-4-1-2-5(7)8-3-4;;/h6-7H,1-5H3;2-5H,1H3,(H2,11,12);2-6H,1H3,(H2,10,11);1-3H,(H2,7,8);2*1H4. The van der Waals surface area contributed by atoms with E-state index in [2.05, 4.69) is 62.1 Å². The summed E-state index contributed by atoms with van der Waals surface area (Å²) in [5.41, 5.74) is 20.9. The van der Waals surface area contributed by atoms with Crippen LogP contribution >= 0.6 is 31.9 Å². The molecule has 0 atom stereocenters. The average molecular weight is 840 g/mol. The van der Waals surface area contributed by atoms with Crippen LogP contribution in [-0.2, 0) is 30.5 Å². The van der Waals surface area contributed by atoms with E-state index in [0.717, 1.165) is 36.7 Å². The molecule has 278 valence electrons. The first kappa shape index (κ1) is 43.6. The quantitative estimate of drug-likeness (QED) is 0.170. The van der Waals surface area contributed by atoms with Crippen LogP contribution in [0.4, 0.5) is 17.5 Å². The Kier molecular flexibility index (Phi) is 15.7. The van der Waals surface area contributed by atoms with Crippen molar-refractivity contribution < 1.29 is 9.31 Å². The number of rotatable bonds is 3. The predicted octanol–water partition coefficient (Wildman–Crippen LogP) is 6.31. The van der Waals surface area contributed by atoms with Crippen LogP contribution in [0.3, 0.4) is 0 Å². The lowest BCUT2D eigenvalue weighted by Crippen LogP contribution is -2.41. The van der Waals surface area contributed by atoms with Gasteiger partial charge < -0.3 is 26.5 Å². The summed E-state index contributed by atoms with van der Waals surface area (Å²) in [5.74, 6) is 1.58. The number of pyridine rings is 3. The van der Waals surface area contributed by atoms with E-state index in [-0.39, 0.29) is 33.2 Å². The van der Waals surface area contributed by atoms with Crippen molar-refractivity contribution in [3.8, 4) is 22.3 Å². The van der Waals surface area contributed by atoms with Gasteiger partial charge >= 0.3 is 7.12 Å². The van der Waals surface area contributed by atoms with Crippen LogP contribution in [0, 0.1) is 0 Å². The Morgan fingerprint density at radius 1 is 0.596 bits per heavy atom. The van der Waals surface area contributed by atoms with Crippen molar-refractivity contribution in [3.63, 3.8) is 0 Å². The van der Waals surface area contributed by atoms with Gasteiger partial charge in [0, 0.05) is 96.7 Å². The van der Waals surface area contributed by atoms with Crippen molar-refractivity contribution in [1.82, 2.24) is 44.3 Å². The molecule has 1 fully saturated rings. The van der Waals surface area contributed by atoms with Crippen molar-refractivity contribution in [2.45, 2.75) is 53.8 Å². The van der Waals surface area contributed by atoms with Crippen LogP contribution in [0.2, 0.25) is 0 Å². The monoisotopic (exact) mass is 838 g/mol. The highest BCUT2D eigenvalue weighted by Gasteiger charge is 2.52. The van der Waals surface area contributed by atoms with E-state index in [1.807, 2.05) is 85.6 Å². The third-order valence-electron chi connectivity index (χ3n) is 7.73. The number of halogens is 2. The van der Waals surface area contributed by atoms with Crippen LogP contribution in [0.25, 0.3) is 22.3 Å². The molecule has 0 amide bonds. The number of aryl methyl sites for hydroxylation is 3. The molecular formula is C35H49BBr2N12O2. The molecule has 52 heavy (non-hydrogen) atoms. The van der Waals surface area contributed by atoms with Gasteiger partial charge in [-0.05, 0) is 89.9 Å². The van der Waals surface area contributed by atoms with Crippen molar-refractivity contribution in [2.24, 2.45) is 21.1 Å². The molecule has 6 aromatic heterocycles. The summed E-state index contributed by atoms with van der Waals surface area (Å²) in [5, 5.41) is 12.3. The molecule has 0 aromatic carbocycles. The number of nitrogens with two attached hydrogens (primary N) is 3. The van der Waals surface area contributed by atoms with E-state index in [0.29, 0.717) is 17.5 Å². The van der Waals surface area contributed by atoms with Gasteiger partial charge in [-0.15, -0.1) is 0 Å². The Labute approximate surface area is 323 Å². The fourth-order valence-corrected chi connectivity index (χ4v) is 4.83. The second kappa shape index (κ2) is 18.8. The summed E-state index contributed by atoms with van der Waals surface area (Å²) in [6.45, 7) is 8.18. The zero-order valence-corrected chi connectivity index (χ0v) is 32.2. The molecule has 1 saturated heterocycles. The summed E-state index contributed by atoms with van der Waals surface area (Å²) in [4.78, 5) is 11.9. The first-order valence-electron chi connectivity index (χ1n) is 15.3. The van der Waals surface area contributed by atoms with Gasteiger partial charge in [-0.1, -0.05) is 14.9 Å². The highest BCUT2D eigenvalue weighted by molar-refractivity contribution is 9.10. The van der Waals surface area contributed by atoms with Gasteiger partial charge in [-0.25, -0.2) is 15.0 Å². The van der Waals surface area contributed by atoms with E-state index in [4.69, 9.17) is 26.5 Å². The molecule has 17 heteroatoms. The summed E-state index contributed by atoms with van der Waals surface area (Å²) in [7, 11) is 5.34. The van der Waals surface area contributed by atoms with Crippen LogP contribution < -0.4 is 22.7 Å². The lowest BCUT2D eigenvalue weighted by atomic mass is 9.82. The molecule has 7 heterocycles. The summed E-state index contributed by atoms with van der Waals surface area (Å²) >= 11 is 6.56. The number of hydrogen-bond acceptors (Lipinski definition) is 11. The Hall–Kier alpha value is -4.58. The zero-order chi connectivity index (χ0) is 36.6. The van der Waals surface area contributed by atoms with Gasteiger partial charge in [0.05, 0.1) is 28.1 Å². The minimum absolute atomic E-state index is 0. The molecule has 7 rings (SSSR count). The van der Waals surface area contributed by atoms with Crippen molar-refractivity contribution in [2.75, 3.05) is 17.2 Å². The largest absolute Gasteiger partial charge is 0.498 e. The highest BCUT2D eigenvalue weighted by Crippen LogP contribution is 2.36. The molecule has 0 unspecified atom stereocenters. The second-order valence-electron chi connectivity index (χ2n) is 12.3. The molecule has 6 N–H and O–H groups in total. The molecule has 6 aromatic rings. The Balaban J connectivity index is 0.000000242. The fraction of sp³-hybridized carbons (Fsp3) is 0.314. The molecule has 0 radical (unpaired) electrons. The van der Waals surface area contributed by atoms with Crippen molar-refractivity contribution in [1.29, 1.82) is 0 Å². The normalized spacial score (nSPS) is 13.5. The highest BCUT2D eigenvalue weighted by atomic mass is 79.9. The van der Waals surface area contributed by atoms with E-state index < -0.39 is 0 Å². The van der Waals surface area contributed by atoms with Gasteiger partial charge in [0.15, 0.2) is 0 Å². The molecular weight excluding hydrogens is 791 g/mol. The van der Waals surface area contributed by atoms with Crippen LogP contribution in [0.5, 0.6) is 0 Å². The zero-order valence-electron chi connectivity index (χ0n) is 29.0. The van der Waals surface area contributed by atoms with Gasteiger partial charge in [0.25, 0.3) is 0 Å². The van der Waals surface area contributed by atoms with Crippen LogP contribution in [-0.4, -0.2) is 62.6 Å². The molecule has 0 aliphatic carbocycles. The summed E-state index contributed by atoms with van der Waals surface area (Å²) < 4.78 is 18.8. The lowest BCUT2D eigenvalue weighted by Gasteiger charge is -2.32. The molecule has 1 aliphatic rings. The van der Waals surface area contributed by atoms with Gasteiger partial charge in [0.1, 0.15) is 17.5 Å². The van der Waals surface area contributed by atoms with Crippen LogP contribution in [0.15, 0.2) is 95.0 Å². The first-order chi connectivity index (χ1) is 23.5. The topological polar surface area (TPSA) is 189 Å². The molecule has 0 bridgehead atoms. The number of nitrogens with zero attached hydrogens (tertiary/aromatic N) is 9. The minimum atomic E-state index is -0.302. The van der Waals surface area contributed by atoms with Gasteiger partial charge in [-0.2, -0.15) is 15.3 Å². The maximum absolute atomic E-state index is 5.89. The summed E-state index contributed by atoms with van der Waals surface area (Å²) in [6.07, 6.45) is 16.3. The van der Waals surface area contributed by atoms with Gasteiger partial charge in [0.2, 0.25) is 0 Å². The number of hydrogen-bond donors (Lipinski definition) is 3.